The van der Waals surface area contributed by atoms with Crippen molar-refractivity contribution in [1.82, 2.24) is 29.6 Å². The Labute approximate surface area is 258 Å². The van der Waals surface area contributed by atoms with Crippen molar-refractivity contribution in [2.75, 3.05) is 56.9 Å². The van der Waals surface area contributed by atoms with Crippen LogP contribution in [0.4, 0.5) is 31.8 Å². The number of fused-ring (bicyclic) bond motifs is 1. The molecular formula is C31H33F2N9O3. The molecule has 0 aliphatic carbocycles. The number of ether oxygens (including phenoxy) is 1. The van der Waals surface area contributed by atoms with Gasteiger partial charge in [0, 0.05) is 62.1 Å². The Bertz CT molecular complexity index is 1850. The molecule has 5 aromatic rings. The highest BCUT2D eigenvalue weighted by molar-refractivity contribution is 6.02. The van der Waals surface area contributed by atoms with Crippen molar-refractivity contribution < 1.29 is 22.7 Å². The Morgan fingerprint density at radius 3 is 2.60 bits per heavy atom. The molecule has 3 aromatic heterocycles. The van der Waals surface area contributed by atoms with Crippen molar-refractivity contribution in [3.05, 3.63) is 67.3 Å². The highest BCUT2D eigenvalue weighted by Crippen LogP contribution is 2.40. The molecule has 0 spiro atoms. The lowest BCUT2D eigenvalue weighted by Crippen LogP contribution is -2.29. The summed E-state index contributed by atoms with van der Waals surface area (Å²) in [6.07, 6.45) is 1.58. The second-order valence-electron chi connectivity index (χ2n) is 10.5. The Morgan fingerprint density at radius 1 is 1.13 bits per heavy atom. The van der Waals surface area contributed by atoms with Gasteiger partial charge in [0.1, 0.15) is 5.75 Å². The molecule has 0 radical (unpaired) electrons. The van der Waals surface area contributed by atoms with Crippen LogP contribution in [0.3, 0.4) is 0 Å². The van der Waals surface area contributed by atoms with E-state index >= 15 is 0 Å². The second-order valence-corrected chi connectivity index (χ2v) is 10.5. The summed E-state index contributed by atoms with van der Waals surface area (Å²) < 4.78 is 39.6. The third-order valence-corrected chi connectivity index (χ3v) is 7.10. The van der Waals surface area contributed by atoms with Crippen LogP contribution in [0.1, 0.15) is 12.3 Å². The maximum Gasteiger partial charge on any atom is 0.314 e. The van der Waals surface area contributed by atoms with Crippen LogP contribution in [0.25, 0.3) is 33.6 Å². The van der Waals surface area contributed by atoms with E-state index in [0.717, 1.165) is 23.1 Å². The van der Waals surface area contributed by atoms with Crippen LogP contribution in [0.5, 0.6) is 5.75 Å². The first kappa shape index (κ1) is 31.1. The van der Waals surface area contributed by atoms with Crippen molar-refractivity contribution >= 4 is 39.8 Å². The molecule has 12 nitrogen and oxygen atoms in total. The summed E-state index contributed by atoms with van der Waals surface area (Å²) in [5.74, 6) is -0.683. The minimum atomic E-state index is -2.93. The topological polar surface area (TPSA) is 126 Å². The zero-order chi connectivity index (χ0) is 32.2. The summed E-state index contributed by atoms with van der Waals surface area (Å²) in [4.78, 5) is 25.7. The first-order chi connectivity index (χ1) is 21.6. The van der Waals surface area contributed by atoms with Crippen LogP contribution < -0.4 is 20.3 Å². The van der Waals surface area contributed by atoms with E-state index in [9.17, 15) is 13.6 Å². The van der Waals surface area contributed by atoms with Gasteiger partial charge in [0.25, 0.3) is 11.8 Å². The summed E-state index contributed by atoms with van der Waals surface area (Å²) in [5.41, 5.74) is 4.01. The van der Waals surface area contributed by atoms with Gasteiger partial charge in [-0.05, 0) is 32.3 Å². The third kappa shape index (κ3) is 6.60. The van der Waals surface area contributed by atoms with Crippen LogP contribution in [0.15, 0.2) is 65.9 Å². The number of halogens is 2. The van der Waals surface area contributed by atoms with E-state index in [-0.39, 0.29) is 23.3 Å². The van der Waals surface area contributed by atoms with Crippen LogP contribution in [-0.4, -0.2) is 76.9 Å². The van der Waals surface area contributed by atoms with Gasteiger partial charge in [0.2, 0.25) is 11.9 Å². The SMILES string of the molecule is C=CC(=O)Nc1cc(Nc2ncc(-c3nnc(C(F)F)o3)c(-c3cn(C)c4ccccc34)n2)c(OC)cc1N(C)CCN(C)C. The molecule has 0 aliphatic rings. The van der Waals surface area contributed by atoms with Gasteiger partial charge < -0.3 is 34.2 Å². The zero-order valence-corrected chi connectivity index (χ0v) is 25.5. The summed E-state index contributed by atoms with van der Waals surface area (Å²) in [5, 5.41) is 14.3. The van der Waals surface area contributed by atoms with Gasteiger partial charge in [-0.15, -0.1) is 10.2 Å². The van der Waals surface area contributed by atoms with E-state index in [1.54, 1.807) is 12.1 Å². The molecule has 5 rings (SSSR count). The van der Waals surface area contributed by atoms with Crippen molar-refractivity contribution in [2.45, 2.75) is 6.43 Å². The molecule has 0 bridgehead atoms. The molecule has 234 valence electrons. The Morgan fingerprint density at radius 2 is 1.91 bits per heavy atom. The number of anilines is 4. The summed E-state index contributed by atoms with van der Waals surface area (Å²) in [6, 6.07) is 11.2. The minimum Gasteiger partial charge on any atom is -0.494 e. The lowest BCUT2D eigenvalue weighted by Gasteiger charge is -2.26. The number of aryl methyl sites for hydroxylation is 1. The number of nitrogens with zero attached hydrogens (tertiary/aromatic N) is 7. The third-order valence-electron chi connectivity index (χ3n) is 7.10. The number of rotatable bonds is 12. The molecule has 2 N–H and O–H groups in total. The number of methoxy groups -OCH3 is 1. The molecule has 2 aromatic carbocycles. The maximum absolute atomic E-state index is 13.3. The van der Waals surface area contributed by atoms with Crippen molar-refractivity contribution in [2.24, 2.45) is 7.05 Å². The molecule has 0 fully saturated rings. The quantitative estimate of drug-likeness (QED) is 0.173. The van der Waals surface area contributed by atoms with Crippen LogP contribution >= 0.6 is 0 Å². The number of carbonyl (C=O) groups is 1. The van der Waals surface area contributed by atoms with E-state index in [4.69, 9.17) is 14.1 Å². The number of amides is 1. The first-order valence-electron chi connectivity index (χ1n) is 13.9. The summed E-state index contributed by atoms with van der Waals surface area (Å²) in [6.45, 7) is 5.03. The lowest BCUT2D eigenvalue weighted by atomic mass is 10.1. The molecule has 0 aliphatic heterocycles. The standard InChI is InChI=1S/C31H33F2N9O3/c1-7-26(43)35-21-14-22(25(44-6)15-24(21)41(4)13-12-40(2)3)36-31-34-16-19(29-38-39-30(45-29)28(32)33)27(37-31)20-17-42(5)23-11-9-8-10-18(20)23/h7-11,14-17,28H,1,12-13H2,2-6H3,(H,35,43)(H,34,36,37). The lowest BCUT2D eigenvalue weighted by molar-refractivity contribution is -0.111. The highest BCUT2D eigenvalue weighted by atomic mass is 19.3. The van der Waals surface area contributed by atoms with Gasteiger partial charge >= 0.3 is 6.43 Å². The average molecular weight is 618 g/mol. The normalized spacial score (nSPS) is 11.3. The highest BCUT2D eigenvalue weighted by Gasteiger charge is 2.24. The number of carbonyl (C=O) groups excluding carboxylic acids is 1. The number of para-hydroxylation sites is 1. The Balaban J connectivity index is 1.62. The second kappa shape index (κ2) is 13.1. The molecule has 0 saturated heterocycles. The van der Waals surface area contributed by atoms with Crippen LogP contribution in [0, 0.1) is 0 Å². The summed E-state index contributed by atoms with van der Waals surface area (Å²) in [7, 11) is 9.32. The fourth-order valence-corrected chi connectivity index (χ4v) is 4.79. The summed E-state index contributed by atoms with van der Waals surface area (Å²) >= 11 is 0. The van der Waals surface area contributed by atoms with Gasteiger partial charge in [-0.25, -0.2) is 9.97 Å². The van der Waals surface area contributed by atoms with Gasteiger partial charge in [0.15, 0.2) is 0 Å². The van der Waals surface area contributed by atoms with Crippen molar-refractivity contribution in [3.63, 3.8) is 0 Å². The number of nitrogens with one attached hydrogen (secondary N) is 2. The Kier molecular flexibility index (Phi) is 9.04. The molecular weight excluding hydrogens is 584 g/mol. The number of hydrogen-bond donors (Lipinski definition) is 2. The first-order valence-corrected chi connectivity index (χ1v) is 13.9. The Hall–Kier alpha value is -5.37. The van der Waals surface area contributed by atoms with Gasteiger partial charge in [-0.3, -0.25) is 4.79 Å². The van der Waals surface area contributed by atoms with E-state index in [1.807, 2.05) is 68.1 Å². The minimum absolute atomic E-state index is 0.142. The molecule has 14 heteroatoms. The van der Waals surface area contributed by atoms with E-state index < -0.39 is 12.3 Å². The van der Waals surface area contributed by atoms with Crippen LogP contribution in [0.2, 0.25) is 0 Å². The molecule has 3 heterocycles. The predicted molar refractivity (Wildman–Crippen MR) is 169 cm³/mol. The molecule has 45 heavy (non-hydrogen) atoms. The predicted octanol–water partition coefficient (Wildman–Crippen LogP) is 5.50. The number of hydrogen-bond acceptors (Lipinski definition) is 10. The largest absolute Gasteiger partial charge is 0.494 e. The van der Waals surface area contributed by atoms with E-state index in [2.05, 4.69) is 37.3 Å². The molecule has 0 atom stereocenters. The average Bonchev–Trinajstić information content (AvgIpc) is 3.65. The molecule has 0 unspecified atom stereocenters. The van der Waals surface area contributed by atoms with E-state index in [1.165, 1.54) is 19.4 Å². The number of aromatic nitrogens is 5. The van der Waals surface area contributed by atoms with Gasteiger partial charge in [-0.1, -0.05) is 24.8 Å². The molecule has 1 amide bonds. The number of benzene rings is 2. The number of likely N-dealkylation sites (N-methyl/N-ethyl adjacent to an activating group) is 2. The van der Waals surface area contributed by atoms with Crippen molar-refractivity contribution in [1.29, 1.82) is 0 Å². The maximum atomic E-state index is 13.3. The van der Waals surface area contributed by atoms with E-state index in [0.29, 0.717) is 34.9 Å². The fourth-order valence-electron chi connectivity index (χ4n) is 4.79. The number of alkyl halides is 2. The zero-order valence-electron chi connectivity index (χ0n) is 25.5. The monoisotopic (exact) mass is 617 g/mol. The van der Waals surface area contributed by atoms with Gasteiger partial charge in [0.05, 0.1) is 35.4 Å². The molecule has 0 saturated carbocycles. The smallest absolute Gasteiger partial charge is 0.314 e. The fraction of sp³-hybridized carbons (Fsp3) is 0.258. The van der Waals surface area contributed by atoms with Crippen LogP contribution in [-0.2, 0) is 11.8 Å². The van der Waals surface area contributed by atoms with Crippen molar-refractivity contribution in [3.8, 4) is 28.5 Å². The van der Waals surface area contributed by atoms with Gasteiger partial charge in [-0.2, -0.15) is 8.78 Å².